The van der Waals surface area contributed by atoms with Crippen LogP contribution in [0.2, 0.25) is 0 Å². The maximum Gasteiger partial charge on any atom is 0.155 e. The van der Waals surface area contributed by atoms with Crippen molar-refractivity contribution in [3.05, 3.63) is 36.5 Å². The number of hydrogen-bond acceptors (Lipinski definition) is 7. The van der Waals surface area contributed by atoms with E-state index in [4.69, 9.17) is 10.7 Å². The van der Waals surface area contributed by atoms with Crippen LogP contribution >= 0.6 is 0 Å². The summed E-state index contributed by atoms with van der Waals surface area (Å²) < 4.78 is 5.27. The second-order valence-electron chi connectivity index (χ2n) is 8.16. The minimum atomic E-state index is -0.506. The number of aryl methyl sites for hydroxylation is 2. The Balaban J connectivity index is 1.67. The van der Waals surface area contributed by atoms with E-state index < -0.39 is 5.54 Å². The van der Waals surface area contributed by atoms with Gasteiger partial charge in [-0.3, -0.25) is 9.36 Å². The lowest BCUT2D eigenvalue weighted by atomic mass is 9.67. The summed E-state index contributed by atoms with van der Waals surface area (Å²) in [6.45, 7) is 1.97. The molecule has 4 heterocycles. The van der Waals surface area contributed by atoms with Crippen LogP contribution in [0.5, 0.6) is 0 Å². The largest absolute Gasteiger partial charge is 0.382 e. The zero-order valence-corrected chi connectivity index (χ0v) is 17.2. The highest BCUT2D eigenvalue weighted by molar-refractivity contribution is 5.85. The van der Waals surface area contributed by atoms with E-state index in [0.717, 1.165) is 16.6 Å². The Morgan fingerprint density at radius 2 is 2.00 bits per heavy atom. The summed E-state index contributed by atoms with van der Waals surface area (Å²) in [6.07, 6.45) is 10.6. The molecule has 0 radical (unpaired) electrons. The van der Waals surface area contributed by atoms with Gasteiger partial charge in [0.15, 0.2) is 5.82 Å². The van der Waals surface area contributed by atoms with E-state index in [2.05, 4.69) is 27.4 Å². The van der Waals surface area contributed by atoms with E-state index in [1.54, 1.807) is 26.3 Å². The lowest BCUT2D eigenvalue weighted by Crippen LogP contribution is -2.46. The van der Waals surface area contributed by atoms with E-state index in [-0.39, 0.29) is 12.3 Å². The Morgan fingerprint density at radius 3 is 2.68 bits per heavy atom. The molecular weight excluding hydrogens is 392 g/mol. The molecule has 1 fully saturated rings. The predicted octanol–water partition coefficient (Wildman–Crippen LogP) is 2.43. The lowest BCUT2D eigenvalue weighted by molar-refractivity contribution is 0.0885. The van der Waals surface area contributed by atoms with Crippen LogP contribution in [0.25, 0.3) is 28.0 Å². The number of rotatable bonds is 4. The van der Waals surface area contributed by atoms with Crippen molar-refractivity contribution in [2.45, 2.75) is 31.7 Å². The van der Waals surface area contributed by atoms with Gasteiger partial charge in [-0.05, 0) is 25.3 Å². The number of nitriles is 2. The summed E-state index contributed by atoms with van der Waals surface area (Å²) in [5.41, 5.74) is 10.6. The third kappa shape index (κ3) is 2.84. The third-order valence-corrected chi connectivity index (χ3v) is 6.01. The molecule has 0 aromatic carbocycles. The smallest absolute Gasteiger partial charge is 0.155 e. The van der Waals surface area contributed by atoms with E-state index in [9.17, 15) is 10.5 Å². The van der Waals surface area contributed by atoms with Crippen LogP contribution in [0.3, 0.4) is 0 Å². The summed E-state index contributed by atoms with van der Waals surface area (Å²) in [4.78, 5) is 4.90. The average Bonchev–Trinajstić information content (AvgIpc) is 3.43. The first-order valence-electron chi connectivity index (χ1n) is 9.90. The standard InChI is InChI=1S/C21H20N10/c1-13-8-26-30-12-17(15-9-25-29(2)10-15)27-18(19(13)30)16-11-31(28-20(16)24)21(3-4-22)5-14(6-21)7-23/h8-12,14H,3,5-6H2,1-2H3,(H2,24,28). The van der Waals surface area contributed by atoms with Gasteiger partial charge in [0, 0.05) is 25.0 Å². The summed E-state index contributed by atoms with van der Waals surface area (Å²) in [7, 11) is 1.85. The van der Waals surface area contributed by atoms with Crippen LogP contribution in [-0.2, 0) is 12.6 Å². The van der Waals surface area contributed by atoms with Crippen LogP contribution < -0.4 is 5.73 Å². The Kier molecular flexibility index (Phi) is 4.05. The van der Waals surface area contributed by atoms with Crippen molar-refractivity contribution in [2.24, 2.45) is 13.0 Å². The van der Waals surface area contributed by atoms with Gasteiger partial charge in [0.05, 0.1) is 65.4 Å². The van der Waals surface area contributed by atoms with Gasteiger partial charge in [0.1, 0.15) is 5.69 Å². The average molecular weight is 412 g/mol. The molecule has 1 aliphatic carbocycles. The summed E-state index contributed by atoms with van der Waals surface area (Å²) in [5, 5.41) is 31.8. The SMILES string of the molecule is Cc1cnn2cc(-c3cnn(C)c3)nc(-c3cn(C4(CC#N)CC(C#N)C4)nc3N)c12. The van der Waals surface area contributed by atoms with E-state index in [1.807, 2.05) is 32.6 Å². The molecule has 10 heteroatoms. The number of nitrogen functional groups attached to an aromatic ring is 1. The highest BCUT2D eigenvalue weighted by atomic mass is 15.3. The zero-order valence-electron chi connectivity index (χ0n) is 17.2. The quantitative estimate of drug-likeness (QED) is 0.543. The molecule has 0 bridgehead atoms. The van der Waals surface area contributed by atoms with Crippen molar-refractivity contribution >= 4 is 11.3 Å². The normalized spacial score (nSPS) is 20.3. The third-order valence-electron chi connectivity index (χ3n) is 6.01. The van der Waals surface area contributed by atoms with Gasteiger partial charge >= 0.3 is 0 Å². The summed E-state index contributed by atoms with van der Waals surface area (Å²) in [6, 6.07) is 4.52. The Hall–Kier alpha value is -4.18. The maximum absolute atomic E-state index is 9.36. The molecule has 10 nitrogen and oxygen atoms in total. The molecule has 154 valence electrons. The summed E-state index contributed by atoms with van der Waals surface area (Å²) in [5.74, 6) is 0.258. The number of nitrogens with two attached hydrogens (primary N) is 1. The number of fused-ring (bicyclic) bond motifs is 1. The van der Waals surface area contributed by atoms with Crippen molar-refractivity contribution in [1.82, 2.24) is 34.2 Å². The van der Waals surface area contributed by atoms with Crippen LogP contribution in [0.1, 0.15) is 24.8 Å². The monoisotopic (exact) mass is 412 g/mol. The molecule has 4 aromatic rings. The topological polar surface area (TPSA) is 139 Å². The van der Waals surface area contributed by atoms with Gasteiger partial charge < -0.3 is 5.73 Å². The molecule has 31 heavy (non-hydrogen) atoms. The molecule has 1 aliphatic rings. The highest BCUT2D eigenvalue weighted by Crippen LogP contribution is 2.47. The first-order valence-corrected chi connectivity index (χ1v) is 9.90. The summed E-state index contributed by atoms with van der Waals surface area (Å²) >= 11 is 0. The van der Waals surface area contributed by atoms with Gasteiger partial charge in [-0.25, -0.2) is 9.50 Å². The number of nitrogens with zero attached hydrogens (tertiary/aromatic N) is 9. The highest BCUT2D eigenvalue weighted by Gasteiger charge is 2.47. The molecule has 0 atom stereocenters. The van der Waals surface area contributed by atoms with Crippen molar-refractivity contribution in [3.63, 3.8) is 0 Å². The maximum atomic E-state index is 9.36. The second kappa shape index (κ2) is 6.67. The predicted molar refractivity (Wildman–Crippen MR) is 112 cm³/mol. The first-order chi connectivity index (χ1) is 14.9. The fourth-order valence-electron chi connectivity index (χ4n) is 4.36. The molecule has 2 N–H and O–H groups in total. The minimum Gasteiger partial charge on any atom is -0.382 e. The van der Waals surface area contributed by atoms with Gasteiger partial charge in [0.25, 0.3) is 0 Å². The van der Waals surface area contributed by atoms with Crippen LogP contribution in [0, 0.1) is 35.5 Å². The van der Waals surface area contributed by atoms with Gasteiger partial charge in [-0.1, -0.05) is 0 Å². The van der Waals surface area contributed by atoms with Crippen molar-refractivity contribution in [2.75, 3.05) is 5.73 Å². The van der Waals surface area contributed by atoms with Crippen LogP contribution in [-0.4, -0.2) is 34.2 Å². The first kappa shape index (κ1) is 18.8. The fourth-order valence-corrected chi connectivity index (χ4v) is 4.36. The molecule has 0 saturated heterocycles. The Labute approximate surface area is 178 Å². The van der Waals surface area contributed by atoms with Crippen molar-refractivity contribution in [3.8, 4) is 34.7 Å². The minimum absolute atomic E-state index is 0.0713. The lowest BCUT2D eigenvalue weighted by Gasteiger charge is -2.43. The Bertz CT molecular complexity index is 1380. The molecule has 0 amide bonds. The molecule has 1 saturated carbocycles. The van der Waals surface area contributed by atoms with Crippen LogP contribution in [0.15, 0.2) is 31.0 Å². The molecule has 5 rings (SSSR count). The molecule has 4 aromatic heterocycles. The Morgan fingerprint density at radius 1 is 1.19 bits per heavy atom. The van der Waals surface area contributed by atoms with E-state index in [1.165, 1.54) is 0 Å². The number of anilines is 1. The van der Waals surface area contributed by atoms with Gasteiger partial charge in [0.2, 0.25) is 0 Å². The molecule has 0 spiro atoms. The molecular formula is C21H20N10. The molecule has 0 unspecified atom stereocenters. The fraction of sp³-hybridized carbons (Fsp3) is 0.333. The van der Waals surface area contributed by atoms with Gasteiger partial charge in [-0.2, -0.15) is 25.8 Å². The second-order valence-corrected chi connectivity index (χ2v) is 8.16. The number of hydrogen-bond donors (Lipinski definition) is 1. The van der Waals surface area contributed by atoms with Crippen molar-refractivity contribution < 1.29 is 0 Å². The molecule has 0 aliphatic heterocycles. The number of aromatic nitrogens is 7. The van der Waals surface area contributed by atoms with Gasteiger partial charge in [-0.15, -0.1) is 0 Å². The zero-order chi connectivity index (χ0) is 21.8. The van der Waals surface area contributed by atoms with E-state index >= 15 is 0 Å². The van der Waals surface area contributed by atoms with E-state index in [0.29, 0.717) is 35.6 Å². The van der Waals surface area contributed by atoms with Crippen LogP contribution in [0.4, 0.5) is 5.82 Å². The van der Waals surface area contributed by atoms with Crippen molar-refractivity contribution in [1.29, 1.82) is 10.5 Å².